The number of hydrogen-bond acceptors (Lipinski definition) is 8. The maximum atomic E-state index is 13.0. The van der Waals surface area contributed by atoms with Gasteiger partial charge in [-0.15, -0.1) is 10.2 Å². The minimum absolute atomic E-state index is 0.0902. The van der Waals surface area contributed by atoms with Crippen molar-refractivity contribution >= 4 is 22.6 Å². The molecular formula is C18H15N5O5. The molecule has 0 amide bonds. The van der Waals surface area contributed by atoms with Crippen molar-refractivity contribution in [2.24, 2.45) is 0 Å². The van der Waals surface area contributed by atoms with Crippen molar-refractivity contribution < 1.29 is 19.0 Å². The first kappa shape index (κ1) is 17.5. The maximum absolute atomic E-state index is 13.0. The lowest BCUT2D eigenvalue weighted by atomic mass is 10.2. The summed E-state index contributed by atoms with van der Waals surface area (Å²) in [6, 6.07) is 6.77. The number of fused-ring (bicyclic) bond motifs is 3. The Morgan fingerprint density at radius 1 is 1.07 bits per heavy atom. The molecule has 0 aliphatic carbocycles. The Labute approximate surface area is 157 Å². The number of carbonyl (C=O) groups excluding carboxylic acids is 1. The largest absolute Gasteiger partial charge is 0.497 e. The van der Waals surface area contributed by atoms with Crippen molar-refractivity contribution in [2.75, 3.05) is 21.3 Å². The number of rotatable bonds is 4. The molecule has 10 heteroatoms. The van der Waals surface area contributed by atoms with Crippen LogP contribution < -0.4 is 15.0 Å². The van der Waals surface area contributed by atoms with E-state index in [1.807, 2.05) is 0 Å². The van der Waals surface area contributed by atoms with E-state index in [9.17, 15) is 9.59 Å². The summed E-state index contributed by atoms with van der Waals surface area (Å²) in [6.45, 7) is 0. The van der Waals surface area contributed by atoms with Crippen LogP contribution in [0.2, 0.25) is 0 Å². The molecule has 0 radical (unpaired) electrons. The van der Waals surface area contributed by atoms with Gasteiger partial charge >= 0.3 is 5.97 Å². The van der Waals surface area contributed by atoms with Crippen LogP contribution >= 0.6 is 0 Å². The summed E-state index contributed by atoms with van der Waals surface area (Å²) in [6.07, 6.45) is 2.91. The molecule has 3 heterocycles. The highest BCUT2D eigenvalue weighted by molar-refractivity contribution is 5.96. The van der Waals surface area contributed by atoms with Crippen LogP contribution in [-0.2, 0) is 4.74 Å². The molecule has 0 spiro atoms. The summed E-state index contributed by atoms with van der Waals surface area (Å²) in [5.41, 5.74) is 0.982. The molecule has 0 bridgehead atoms. The smallest absolute Gasteiger partial charge is 0.343 e. The SMILES string of the molecule is COC(=O)c1cnn2c1nnc1c(=O)n(-c3ccc(OC)cc3OC)ccc12. The highest BCUT2D eigenvalue weighted by atomic mass is 16.5. The summed E-state index contributed by atoms with van der Waals surface area (Å²) < 4.78 is 18.0. The molecule has 10 nitrogen and oxygen atoms in total. The number of esters is 1. The summed E-state index contributed by atoms with van der Waals surface area (Å²) in [5, 5.41) is 12.1. The van der Waals surface area contributed by atoms with Crippen molar-refractivity contribution in [1.29, 1.82) is 0 Å². The van der Waals surface area contributed by atoms with E-state index in [0.29, 0.717) is 22.7 Å². The van der Waals surface area contributed by atoms with Gasteiger partial charge in [0.25, 0.3) is 5.56 Å². The topological polar surface area (TPSA) is 110 Å². The summed E-state index contributed by atoms with van der Waals surface area (Å²) in [5.74, 6) is 0.477. The first-order valence-corrected chi connectivity index (χ1v) is 8.15. The van der Waals surface area contributed by atoms with Crippen LogP contribution in [0.15, 0.2) is 41.5 Å². The minimum atomic E-state index is -0.583. The van der Waals surface area contributed by atoms with Crippen LogP contribution in [0.4, 0.5) is 0 Å². The Kier molecular flexibility index (Phi) is 4.15. The van der Waals surface area contributed by atoms with Crippen molar-refractivity contribution in [2.45, 2.75) is 0 Å². The van der Waals surface area contributed by atoms with Gasteiger partial charge in [0.05, 0.1) is 33.2 Å². The van der Waals surface area contributed by atoms with E-state index < -0.39 is 11.5 Å². The Balaban J connectivity index is 1.95. The monoisotopic (exact) mass is 381 g/mol. The van der Waals surface area contributed by atoms with Gasteiger partial charge in [-0.1, -0.05) is 0 Å². The fourth-order valence-electron chi connectivity index (χ4n) is 2.92. The molecule has 0 saturated carbocycles. The van der Waals surface area contributed by atoms with E-state index in [4.69, 9.17) is 14.2 Å². The van der Waals surface area contributed by atoms with Gasteiger partial charge in [0.1, 0.15) is 22.6 Å². The molecule has 0 aliphatic heterocycles. The lowest BCUT2D eigenvalue weighted by Crippen LogP contribution is -2.20. The zero-order valence-electron chi connectivity index (χ0n) is 15.2. The Hall–Kier alpha value is -3.95. The molecule has 0 aliphatic rings. The van der Waals surface area contributed by atoms with Crippen molar-refractivity contribution in [3.63, 3.8) is 0 Å². The van der Waals surface area contributed by atoms with Gasteiger partial charge in [-0.25, -0.2) is 9.31 Å². The lowest BCUT2D eigenvalue weighted by molar-refractivity contribution is 0.0602. The number of methoxy groups -OCH3 is 3. The van der Waals surface area contributed by atoms with Crippen LogP contribution in [0.5, 0.6) is 11.5 Å². The average Bonchev–Trinajstić information content (AvgIpc) is 3.17. The number of aromatic nitrogens is 5. The second kappa shape index (κ2) is 6.65. The van der Waals surface area contributed by atoms with E-state index in [0.717, 1.165) is 0 Å². The zero-order valence-corrected chi connectivity index (χ0v) is 15.2. The molecule has 0 N–H and O–H groups in total. The fourth-order valence-corrected chi connectivity index (χ4v) is 2.92. The molecule has 0 unspecified atom stereocenters. The molecule has 0 fully saturated rings. The molecule has 0 atom stereocenters. The van der Waals surface area contributed by atoms with E-state index in [1.165, 1.54) is 29.5 Å². The quantitative estimate of drug-likeness (QED) is 0.486. The van der Waals surface area contributed by atoms with E-state index in [1.54, 1.807) is 37.6 Å². The molecule has 4 rings (SSSR count). The second-order valence-corrected chi connectivity index (χ2v) is 5.75. The number of carbonyl (C=O) groups is 1. The van der Waals surface area contributed by atoms with Crippen LogP contribution in [0.1, 0.15) is 10.4 Å². The highest BCUT2D eigenvalue weighted by Gasteiger charge is 2.19. The molecule has 28 heavy (non-hydrogen) atoms. The third-order valence-corrected chi connectivity index (χ3v) is 4.31. The normalized spacial score (nSPS) is 11.0. The Morgan fingerprint density at radius 2 is 1.89 bits per heavy atom. The van der Waals surface area contributed by atoms with Gasteiger partial charge in [-0.2, -0.15) is 5.10 Å². The van der Waals surface area contributed by atoms with Gasteiger partial charge in [0.15, 0.2) is 11.2 Å². The van der Waals surface area contributed by atoms with Gasteiger partial charge in [0, 0.05) is 12.3 Å². The molecule has 4 aromatic rings. The van der Waals surface area contributed by atoms with Crippen molar-refractivity contribution in [3.8, 4) is 17.2 Å². The summed E-state index contributed by atoms with van der Waals surface area (Å²) in [7, 11) is 4.32. The van der Waals surface area contributed by atoms with Crippen molar-refractivity contribution in [1.82, 2.24) is 24.4 Å². The lowest BCUT2D eigenvalue weighted by Gasteiger charge is -2.12. The predicted molar refractivity (Wildman–Crippen MR) is 98.3 cm³/mol. The molecule has 142 valence electrons. The zero-order chi connectivity index (χ0) is 19.8. The predicted octanol–water partition coefficient (Wildman–Crippen LogP) is 1.23. The fraction of sp³-hybridized carbons (Fsp3) is 0.167. The van der Waals surface area contributed by atoms with Crippen molar-refractivity contribution in [3.05, 3.63) is 52.6 Å². The summed E-state index contributed by atoms with van der Waals surface area (Å²) in [4.78, 5) is 24.9. The number of pyridine rings is 1. The maximum Gasteiger partial charge on any atom is 0.343 e. The van der Waals surface area contributed by atoms with E-state index in [-0.39, 0.29) is 16.7 Å². The van der Waals surface area contributed by atoms with E-state index in [2.05, 4.69) is 15.3 Å². The Morgan fingerprint density at radius 3 is 2.61 bits per heavy atom. The van der Waals surface area contributed by atoms with Gasteiger partial charge in [-0.3, -0.25) is 9.36 Å². The first-order chi connectivity index (χ1) is 13.6. The molecule has 0 saturated heterocycles. The number of hydrogen-bond donors (Lipinski definition) is 0. The minimum Gasteiger partial charge on any atom is -0.497 e. The van der Waals surface area contributed by atoms with Gasteiger partial charge < -0.3 is 14.2 Å². The van der Waals surface area contributed by atoms with Crippen LogP contribution in [0, 0.1) is 0 Å². The third kappa shape index (κ3) is 2.54. The number of benzene rings is 1. The average molecular weight is 381 g/mol. The van der Waals surface area contributed by atoms with Gasteiger partial charge in [0.2, 0.25) is 0 Å². The van der Waals surface area contributed by atoms with Crippen LogP contribution in [-0.4, -0.2) is 51.7 Å². The Bertz CT molecular complexity index is 1280. The number of nitrogens with zero attached hydrogens (tertiary/aromatic N) is 5. The molecule has 1 aromatic carbocycles. The second-order valence-electron chi connectivity index (χ2n) is 5.75. The molecular weight excluding hydrogens is 366 g/mol. The first-order valence-electron chi connectivity index (χ1n) is 8.15. The number of ether oxygens (including phenoxy) is 3. The molecule has 3 aromatic heterocycles. The van der Waals surface area contributed by atoms with Crippen LogP contribution in [0.25, 0.3) is 22.4 Å². The summed E-state index contributed by atoms with van der Waals surface area (Å²) >= 11 is 0. The van der Waals surface area contributed by atoms with Crippen LogP contribution in [0.3, 0.4) is 0 Å². The highest BCUT2D eigenvalue weighted by Crippen LogP contribution is 2.27. The van der Waals surface area contributed by atoms with E-state index >= 15 is 0 Å². The third-order valence-electron chi connectivity index (χ3n) is 4.31. The van der Waals surface area contributed by atoms with Gasteiger partial charge in [-0.05, 0) is 18.2 Å². The standard InChI is InChI=1S/C18H15N5O5/c1-26-10-4-5-12(14(8-10)27-2)22-7-6-13-15(17(22)24)20-21-16-11(18(25)28-3)9-19-23(13)16/h4-9H,1-3H3.